The van der Waals surface area contributed by atoms with Crippen LogP contribution in [0.3, 0.4) is 0 Å². The standard InChI is InChI=1S/C11H12ClNO/c1-7-9-5-4-8(14-3)6-10(9)13(2)11(7)12/h4-6H,1-3H3. The van der Waals surface area contributed by atoms with Crippen molar-refractivity contribution in [2.75, 3.05) is 7.11 Å². The molecule has 0 aliphatic heterocycles. The minimum absolute atomic E-state index is 0.785. The van der Waals surface area contributed by atoms with Gasteiger partial charge >= 0.3 is 0 Å². The lowest BCUT2D eigenvalue weighted by atomic mass is 10.2. The Morgan fingerprint density at radius 3 is 2.71 bits per heavy atom. The Morgan fingerprint density at radius 1 is 1.36 bits per heavy atom. The highest BCUT2D eigenvalue weighted by molar-refractivity contribution is 6.32. The molecule has 1 aromatic carbocycles. The van der Waals surface area contributed by atoms with Crippen molar-refractivity contribution in [3.8, 4) is 5.75 Å². The zero-order valence-corrected chi connectivity index (χ0v) is 9.22. The average Bonchev–Trinajstić information content (AvgIpc) is 2.44. The molecule has 0 amide bonds. The Kier molecular flexibility index (Phi) is 2.16. The van der Waals surface area contributed by atoms with Gasteiger partial charge in [-0.05, 0) is 24.6 Å². The van der Waals surface area contributed by atoms with Gasteiger partial charge in [-0.1, -0.05) is 11.6 Å². The summed E-state index contributed by atoms with van der Waals surface area (Å²) in [6, 6.07) is 5.98. The molecule has 2 rings (SSSR count). The van der Waals surface area contributed by atoms with E-state index in [0.717, 1.165) is 22.0 Å². The number of nitrogens with zero attached hydrogens (tertiary/aromatic N) is 1. The second-order valence-electron chi connectivity index (χ2n) is 3.36. The summed E-state index contributed by atoms with van der Waals surface area (Å²) in [5.41, 5.74) is 2.22. The summed E-state index contributed by atoms with van der Waals surface area (Å²) >= 11 is 6.14. The van der Waals surface area contributed by atoms with Gasteiger partial charge in [0.1, 0.15) is 10.9 Å². The first-order valence-electron chi connectivity index (χ1n) is 4.43. The summed E-state index contributed by atoms with van der Waals surface area (Å²) in [4.78, 5) is 0. The Hall–Kier alpha value is -1.15. The van der Waals surface area contributed by atoms with Crippen LogP contribution in [0.5, 0.6) is 5.75 Å². The second-order valence-corrected chi connectivity index (χ2v) is 3.72. The molecule has 1 heterocycles. The maximum atomic E-state index is 6.14. The van der Waals surface area contributed by atoms with Crippen molar-refractivity contribution in [2.24, 2.45) is 7.05 Å². The summed E-state index contributed by atoms with van der Waals surface area (Å²) in [5.74, 6) is 0.856. The molecule has 0 spiro atoms. The molecule has 14 heavy (non-hydrogen) atoms. The van der Waals surface area contributed by atoms with Crippen LogP contribution in [0.1, 0.15) is 5.56 Å². The number of hydrogen-bond acceptors (Lipinski definition) is 1. The lowest BCUT2D eigenvalue weighted by Crippen LogP contribution is -1.87. The van der Waals surface area contributed by atoms with Crippen LogP contribution in [0.2, 0.25) is 5.15 Å². The van der Waals surface area contributed by atoms with Gasteiger partial charge in [0.25, 0.3) is 0 Å². The molecule has 0 saturated heterocycles. The summed E-state index contributed by atoms with van der Waals surface area (Å²) < 4.78 is 7.14. The lowest BCUT2D eigenvalue weighted by molar-refractivity contribution is 0.415. The molecular formula is C11H12ClNO. The SMILES string of the molecule is COc1ccc2c(C)c(Cl)n(C)c2c1. The van der Waals surface area contributed by atoms with Crippen molar-refractivity contribution in [3.63, 3.8) is 0 Å². The summed E-state index contributed by atoms with van der Waals surface area (Å²) in [6.45, 7) is 2.02. The maximum Gasteiger partial charge on any atom is 0.120 e. The summed E-state index contributed by atoms with van der Waals surface area (Å²) in [6.07, 6.45) is 0. The third kappa shape index (κ3) is 1.18. The fourth-order valence-electron chi connectivity index (χ4n) is 1.70. The van der Waals surface area contributed by atoms with E-state index in [4.69, 9.17) is 16.3 Å². The van der Waals surface area contributed by atoms with Crippen molar-refractivity contribution < 1.29 is 4.74 Å². The minimum atomic E-state index is 0.785. The quantitative estimate of drug-likeness (QED) is 0.704. The van der Waals surface area contributed by atoms with E-state index < -0.39 is 0 Å². The number of benzene rings is 1. The molecule has 0 aliphatic carbocycles. The van der Waals surface area contributed by atoms with E-state index in [2.05, 4.69) is 0 Å². The van der Waals surface area contributed by atoms with Gasteiger partial charge in [-0.15, -0.1) is 0 Å². The summed E-state index contributed by atoms with van der Waals surface area (Å²) in [5, 5.41) is 1.96. The molecule has 74 valence electrons. The molecule has 0 fully saturated rings. The molecule has 0 aliphatic rings. The van der Waals surface area contributed by atoms with Crippen LogP contribution in [-0.4, -0.2) is 11.7 Å². The molecule has 3 heteroatoms. The number of rotatable bonds is 1. The van der Waals surface area contributed by atoms with Crippen molar-refractivity contribution in [1.29, 1.82) is 0 Å². The monoisotopic (exact) mass is 209 g/mol. The van der Waals surface area contributed by atoms with Crippen molar-refractivity contribution in [2.45, 2.75) is 6.92 Å². The molecule has 0 radical (unpaired) electrons. The highest BCUT2D eigenvalue weighted by Crippen LogP contribution is 2.30. The fourth-order valence-corrected chi connectivity index (χ4v) is 1.89. The van der Waals surface area contributed by atoms with Gasteiger partial charge in [-0.2, -0.15) is 0 Å². The predicted molar refractivity (Wildman–Crippen MR) is 59.2 cm³/mol. The molecule has 0 saturated carbocycles. The Balaban J connectivity index is 2.82. The first-order chi connectivity index (χ1) is 6.65. The normalized spacial score (nSPS) is 10.9. The van der Waals surface area contributed by atoms with Crippen molar-refractivity contribution in [1.82, 2.24) is 4.57 Å². The van der Waals surface area contributed by atoms with Gasteiger partial charge in [-0.25, -0.2) is 0 Å². The predicted octanol–water partition coefficient (Wildman–Crippen LogP) is 3.15. The Bertz CT molecular complexity index is 487. The topological polar surface area (TPSA) is 14.2 Å². The van der Waals surface area contributed by atoms with Crippen LogP contribution in [0, 0.1) is 6.92 Å². The van der Waals surface area contributed by atoms with Crippen LogP contribution in [0.25, 0.3) is 10.9 Å². The van der Waals surface area contributed by atoms with Crippen LogP contribution in [-0.2, 0) is 7.05 Å². The second kappa shape index (κ2) is 3.21. The number of aromatic nitrogens is 1. The Labute approximate surface area is 88.0 Å². The lowest BCUT2D eigenvalue weighted by Gasteiger charge is -2.01. The molecule has 0 N–H and O–H groups in total. The van der Waals surface area contributed by atoms with Crippen molar-refractivity contribution >= 4 is 22.5 Å². The number of halogens is 1. The fraction of sp³-hybridized carbons (Fsp3) is 0.273. The number of fused-ring (bicyclic) bond motifs is 1. The van der Waals surface area contributed by atoms with E-state index in [1.54, 1.807) is 7.11 Å². The van der Waals surface area contributed by atoms with E-state index in [9.17, 15) is 0 Å². The molecule has 0 unspecified atom stereocenters. The Morgan fingerprint density at radius 2 is 2.07 bits per heavy atom. The van der Waals surface area contributed by atoms with Crippen LogP contribution in [0.4, 0.5) is 0 Å². The van der Waals surface area contributed by atoms with Gasteiger partial charge < -0.3 is 9.30 Å². The smallest absolute Gasteiger partial charge is 0.120 e. The third-order valence-corrected chi connectivity index (χ3v) is 3.11. The molecule has 1 aromatic heterocycles. The van der Waals surface area contributed by atoms with Crippen LogP contribution >= 0.6 is 11.6 Å². The molecule has 0 atom stereocenters. The largest absolute Gasteiger partial charge is 0.497 e. The van der Waals surface area contributed by atoms with E-state index in [0.29, 0.717) is 0 Å². The highest BCUT2D eigenvalue weighted by atomic mass is 35.5. The van der Waals surface area contributed by atoms with Gasteiger partial charge in [-0.3, -0.25) is 0 Å². The maximum absolute atomic E-state index is 6.14. The van der Waals surface area contributed by atoms with E-state index >= 15 is 0 Å². The summed E-state index contributed by atoms with van der Waals surface area (Å²) in [7, 11) is 3.62. The molecule has 0 bridgehead atoms. The molecule has 2 nitrogen and oxygen atoms in total. The van der Waals surface area contributed by atoms with Gasteiger partial charge in [0.05, 0.1) is 12.6 Å². The molecule has 2 aromatic rings. The van der Waals surface area contributed by atoms with E-state index in [-0.39, 0.29) is 0 Å². The zero-order valence-electron chi connectivity index (χ0n) is 8.47. The highest BCUT2D eigenvalue weighted by Gasteiger charge is 2.09. The van der Waals surface area contributed by atoms with Crippen molar-refractivity contribution in [3.05, 3.63) is 28.9 Å². The van der Waals surface area contributed by atoms with Crippen LogP contribution < -0.4 is 4.74 Å². The van der Waals surface area contributed by atoms with E-state index in [1.807, 2.05) is 36.7 Å². The number of ether oxygens (including phenoxy) is 1. The number of hydrogen-bond donors (Lipinski definition) is 0. The minimum Gasteiger partial charge on any atom is -0.497 e. The number of aryl methyl sites for hydroxylation is 2. The van der Waals surface area contributed by atoms with Crippen LogP contribution in [0.15, 0.2) is 18.2 Å². The average molecular weight is 210 g/mol. The van der Waals surface area contributed by atoms with Gasteiger partial charge in [0.2, 0.25) is 0 Å². The van der Waals surface area contributed by atoms with Gasteiger partial charge in [0.15, 0.2) is 0 Å². The number of methoxy groups -OCH3 is 1. The first kappa shape index (κ1) is 9.41. The first-order valence-corrected chi connectivity index (χ1v) is 4.81. The van der Waals surface area contributed by atoms with Gasteiger partial charge in [0, 0.05) is 18.5 Å². The third-order valence-electron chi connectivity index (χ3n) is 2.57. The van der Waals surface area contributed by atoms with E-state index in [1.165, 1.54) is 5.39 Å². The zero-order chi connectivity index (χ0) is 10.3. The molecular weight excluding hydrogens is 198 g/mol.